The summed E-state index contributed by atoms with van der Waals surface area (Å²) in [6, 6.07) is 13.9. The number of amides is 1. The van der Waals surface area contributed by atoms with E-state index in [1.807, 2.05) is 0 Å². The van der Waals surface area contributed by atoms with Gasteiger partial charge in [-0.1, -0.05) is 48.5 Å². The topological polar surface area (TPSA) is 73.6 Å². The highest BCUT2D eigenvalue weighted by molar-refractivity contribution is 5.88. The zero-order valence-corrected chi connectivity index (χ0v) is 14.0. The molecule has 1 amide bonds. The molecular weight excluding hydrogens is 349 g/mol. The van der Waals surface area contributed by atoms with Gasteiger partial charge in [0.1, 0.15) is 5.75 Å². The molecule has 2 aromatic rings. The van der Waals surface area contributed by atoms with Gasteiger partial charge in [0.2, 0.25) is 5.54 Å². The molecule has 0 aliphatic rings. The third-order valence-corrected chi connectivity index (χ3v) is 3.66. The molecule has 0 spiro atoms. The lowest BCUT2D eigenvalue weighted by Crippen LogP contribution is -2.60. The van der Waals surface area contributed by atoms with Crippen molar-refractivity contribution in [3.8, 4) is 5.75 Å². The monoisotopic (exact) mass is 368 g/mol. The Bertz CT molecular complexity index is 738. The summed E-state index contributed by atoms with van der Waals surface area (Å²) in [6.45, 7) is 1.64. The molecule has 8 heteroatoms. The van der Waals surface area contributed by atoms with Crippen LogP contribution in [-0.4, -0.2) is 18.7 Å². The van der Waals surface area contributed by atoms with Crippen molar-refractivity contribution < 1.29 is 27.5 Å². The van der Waals surface area contributed by atoms with Gasteiger partial charge in [0.05, 0.1) is 13.2 Å². The molecule has 0 aliphatic carbocycles. The van der Waals surface area contributed by atoms with Crippen LogP contribution in [0.25, 0.3) is 0 Å². The predicted molar refractivity (Wildman–Crippen MR) is 88.9 cm³/mol. The molecule has 0 aromatic heterocycles. The van der Waals surface area contributed by atoms with Crippen LogP contribution < -0.4 is 16.0 Å². The summed E-state index contributed by atoms with van der Waals surface area (Å²) in [4.78, 5) is 17.2. The standard InChI is InChI=1S/C18H19F3N2O3/c1-2-25-15-11-7-6-10-14(15)17(22,18(19,20)21)16(24)23-26-12-13-8-4-3-5-9-13/h3-11H,2,12,22H2,1H3,(H,23,24)/t17-/m0/s1. The van der Waals surface area contributed by atoms with Crippen molar-refractivity contribution in [3.05, 3.63) is 65.7 Å². The van der Waals surface area contributed by atoms with Crippen LogP contribution in [0.2, 0.25) is 0 Å². The summed E-state index contributed by atoms with van der Waals surface area (Å²) >= 11 is 0. The fraction of sp³-hybridized carbons (Fsp3) is 0.278. The maximum absolute atomic E-state index is 13.7. The predicted octanol–water partition coefficient (Wildman–Crippen LogP) is 3.05. The summed E-state index contributed by atoms with van der Waals surface area (Å²) < 4.78 is 46.3. The van der Waals surface area contributed by atoms with Gasteiger partial charge >= 0.3 is 6.18 Å². The number of alkyl halides is 3. The molecule has 2 aromatic carbocycles. The Balaban J connectivity index is 2.25. The Kier molecular flexibility index (Phi) is 6.23. The summed E-state index contributed by atoms with van der Waals surface area (Å²) in [5.74, 6) is -1.65. The molecule has 0 radical (unpaired) electrons. The maximum Gasteiger partial charge on any atom is 0.419 e. The van der Waals surface area contributed by atoms with Crippen LogP contribution in [0.15, 0.2) is 54.6 Å². The van der Waals surface area contributed by atoms with Crippen molar-refractivity contribution in [2.75, 3.05) is 6.61 Å². The summed E-state index contributed by atoms with van der Waals surface area (Å²) in [5.41, 5.74) is 4.22. The molecule has 3 N–H and O–H groups in total. The highest BCUT2D eigenvalue weighted by atomic mass is 19.4. The van der Waals surface area contributed by atoms with Gasteiger partial charge in [-0.15, -0.1) is 0 Å². The molecule has 26 heavy (non-hydrogen) atoms. The fourth-order valence-electron chi connectivity index (χ4n) is 2.32. The van der Waals surface area contributed by atoms with Crippen LogP contribution in [0.1, 0.15) is 18.1 Å². The first-order valence-corrected chi connectivity index (χ1v) is 7.84. The number of hydroxylamine groups is 1. The molecule has 0 aliphatic heterocycles. The number of benzene rings is 2. The van der Waals surface area contributed by atoms with E-state index >= 15 is 0 Å². The molecule has 0 saturated carbocycles. The third-order valence-electron chi connectivity index (χ3n) is 3.66. The lowest BCUT2D eigenvalue weighted by Gasteiger charge is -2.31. The largest absolute Gasteiger partial charge is 0.494 e. The van der Waals surface area contributed by atoms with Crippen molar-refractivity contribution in [2.45, 2.75) is 25.2 Å². The van der Waals surface area contributed by atoms with Gasteiger partial charge < -0.3 is 10.5 Å². The van der Waals surface area contributed by atoms with E-state index in [1.165, 1.54) is 18.2 Å². The van der Waals surface area contributed by atoms with Crippen LogP contribution in [0, 0.1) is 0 Å². The van der Waals surface area contributed by atoms with Crippen LogP contribution in [-0.2, 0) is 21.8 Å². The SMILES string of the molecule is CCOc1ccccc1[C@](N)(C(=O)NOCc1ccccc1)C(F)(F)F. The van der Waals surface area contributed by atoms with Crippen LogP contribution >= 0.6 is 0 Å². The Hall–Kier alpha value is -2.58. The number of hydrogen-bond acceptors (Lipinski definition) is 4. The lowest BCUT2D eigenvalue weighted by atomic mass is 9.88. The molecule has 0 saturated heterocycles. The van der Waals surface area contributed by atoms with Crippen LogP contribution in [0.3, 0.4) is 0 Å². The molecule has 140 valence electrons. The lowest BCUT2D eigenvalue weighted by molar-refractivity contribution is -0.201. The highest BCUT2D eigenvalue weighted by Crippen LogP contribution is 2.41. The number of nitrogens with one attached hydrogen (secondary N) is 1. The second-order valence-corrected chi connectivity index (χ2v) is 5.44. The zero-order valence-electron chi connectivity index (χ0n) is 14.0. The van der Waals surface area contributed by atoms with E-state index in [0.717, 1.165) is 6.07 Å². The molecular formula is C18H19F3N2O3. The molecule has 0 unspecified atom stereocenters. The van der Waals surface area contributed by atoms with Crippen LogP contribution in [0.4, 0.5) is 13.2 Å². The summed E-state index contributed by atoms with van der Waals surface area (Å²) in [5, 5.41) is 0. The summed E-state index contributed by atoms with van der Waals surface area (Å²) in [6.07, 6.45) is -5.07. The number of rotatable bonds is 7. The van der Waals surface area contributed by atoms with Crippen molar-refractivity contribution in [2.24, 2.45) is 5.73 Å². The fourth-order valence-corrected chi connectivity index (χ4v) is 2.32. The third kappa shape index (κ3) is 4.14. The van der Waals surface area contributed by atoms with Crippen molar-refractivity contribution in [1.29, 1.82) is 0 Å². The van der Waals surface area contributed by atoms with Gasteiger partial charge in [0.15, 0.2) is 0 Å². The molecule has 0 heterocycles. The first-order chi connectivity index (χ1) is 12.3. The number of para-hydroxylation sites is 1. The Morgan fingerprint density at radius 3 is 2.31 bits per heavy atom. The minimum Gasteiger partial charge on any atom is -0.494 e. The Morgan fingerprint density at radius 2 is 1.69 bits per heavy atom. The average Bonchev–Trinajstić information content (AvgIpc) is 2.61. The second-order valence-electron chi connectivity index (χ2n) is 5.44. The van der Waals surface area contributed by atoms with Gasteiger partial charge in [-0.3, -0.25) is 9.63 Å². The maximum atomic E-state index is 13.7. The Morgan fingerprint density at radius 1 is 1.08 bits per heavy atom. The van der Waals surface area contributed by atoms with E-state index in [4.69, 9.17) is 15.3 Å². The molecule has 0 bridgehead atoms. The smallest absolute Gasteiger partial charge is 0.419 e. The van der Waals surface area contributed by atoms with E-state index < -0.39 is 23.2 Å². The second kappa shape index (κ2) is 8.20. The normalized spacial score (nSPS) is 13.7. The Labute approximate surface area is 148 Å². The molecule has 0 fully saturated rings. The van der Waals surface area contributed by atoms with Crippen molar-refractivity contribution in [3.63, 3.8) is 0 Å². The minimum atomic E-state index is -5.07. The van der Waals surface area contributed by atoms with Gasteiger partial charge in [-0.2, -0.15) is 13.2 Å². The minimum absolute atomic E-state index is 0.104. The quantitative estimate of drug-likeness (QED) is 0.737. The number of carbonyl (C=O) groups excluding carboxylic acids is 1. The first kappa shape index (κ1) is 19.7. The number of hydrogen-bond donors (Lipinski definition) is 2. The number of ether oxygens (including phenoxy) is 1. The van der Waals surface area contributed by atoms with Gasteiger partial charge in [-0.25, -0.2) is 5.48 Å². The van der Waals surface area contributed by atoms with Gasteiger partial charge in [-0.05, 0) is 18.6 Å². The first-order valence-electron chi connectivity index (χ1n) is 7.84. The van der Waals surface area contributed by atoms with Gasteiger partial charge in [0.25, 0.3) is 5.91 Å². The zero-order chi connectivity index (χ0) is 19.2. The molecule has 1 atom stereocenters. The van der Waals surface area contributed by atoms with Crippen LogP contribution in [0.5, 0.6) is 5.75 Å². The van der Waals surface area contributed by atoms with Crippen molar-refractivity contribution >= 4 is 5.91 Å². The van der Waals surface area contributed by atoms with E-state index in [9.17, 15) is 18.0 Å². The number of halogens is 3. The van der Waals surface area contributed by atoms with Crippen molar-refractivity contribution in [1.82, 2.24) is 5.48 Å². The van der Waals surface area contributed by atoms with E-state index in [-0.39, 0.29) is 19.0 Å². The van der Waals surface area contributed by atoms with Gasteiger partial charge in [0, 0.05) is 5.56 Å². The number of nitrogens with two attached hydrogens (primary N) is 1. The summed E-state index contributed by atoms with van der Waals surface area (Å²) in [7, 11) is 0. The average molecular weight is 368 g/mol. The highest BCUT2D eigenvalue weighted by Gasteiger charge is 2.60. The van der Waals surface area contributed by atoms with E-state index in [1.54, 1.807) is 42.7 Å². The van der Waals surface area contributed by atoms with E-state index in [2.05, 4.69) is 0 Å². The molecule has 2 rings (SSSR count). The molecule has 5 nitrogen and oxygen atoms in total. The van der Waals surface area contributed by atoms with E-state index in [0.29, 0.717) is 5.56 Å². The number of carbonyl (C=O) groups is 1.